The van der Waals surface area contributed by atoms with E-state index >= 15 is 0 Å². The van der Waals surface area contributed by atoms with Gasteiger partial charge in [0.05, 0.1) is 27.0 Å². The topological polar surface area (TPSA) is 63.9 Å². The van der Waals surface area contributed by atoms with E-state index in [1.54, 1.807) is 21.3 Å². The van der Waals surface area contributed by atoms with Crippen molar-refractivity contribution in [1.29, 1.82) is 0 Å². The molecule has 3 rings (SSSR count). The zero-order valence-corrected chi connectivity index (χ0v) is 20.7. The molecule has 7 nitrogen and oxygen atoms in total. The first kappa shape index (κ1) is 24.5. The lowest BCUT2D eigenvalue weighted by molar-refractivity contribution is 0.382. The van der Waals surface area contributed by atoms with E-state index in [1.807, 2.05) is 54.3 Å². The van der Waals surface area contributed by atoms with Gasteiger partial charge in [-0.3, -0.25) is 9.67 Å². The summed E-state index contributed by atoms with van der Waals surface area (Å²) in [6.07, 6.45) is 3.94. The predicted octanol–water partition coefficient (Wildman–Crippen LogP) is 3.77. The molecule has 3 aromatic rings. The molecule has 0 saturated heterocycles. The van der Waals surface area contributed by atoms with Gasteiger partial charge in [-0.25, -0.2) is 0 Å². The molecule has 0 unspecified atom stereocenters. The van der Waals surface area contributed by atoms with E-state index in [4.69, 9.17) is 9.47 Å². The zero-order valence-electron chi connectivity index (χ0n) is 18.4. The third-order valence-corrected chi connectivity index (χ3v) is 4.80. The van der Waals surface area contributed by atoms with Gasteiger partial charge < -0.3 is 19.7 Å². The van der Waals surface area contributed by atoms with Crippen LogP contribution < -0.4 is 14.8 Å². The number of hydrogen-bond donors (Lipinski definition) is 1. The summed E-state index contributed by atoms with van der Waals surface area (Å²) in [6, 6.07) is 16.1. The number of guanidine groups is 1. The van der Waals surface area contributed by atoms with Crippen LogP contribution in [0.3, 0.4) is 0 Å². The number of ether oxygens (including phenoxy) is 2. The molecule has 31 heavy (non-hydrogen) atoms. The SMILES string of the molecule is CN=C(NCc1cnn(Cc2ccccc2)c1)N(C)Cc1ccc(OC)cc1OC.I. The summed E-state index contributed by atoms with van der Waals surface area (Å²) in [7, 11) is 7.09. The predicted molar refractivity (Wildman–Crippen MR) is 134 cm³/mol. The van der Waals surface area contributed by atoms with Crippen molar-refractivity contribution in [2.45, 2.75) is 19.6 Å². The number of benzene rings is 2. The van der Waals surface area contributed by atoms with Crippen LogP contribution in [-0.2, 0) is 19.6 Å². The average Bonchev–Trinajstić information content (AvgIpc) is 3.22. The van der Waals surface area contributed by atoms with E-state index in [1.165, 1.54) is 5.56 Å². The lowest BCUT2D eigenvalue weighted by Crippen LogP contribution is -2.38. The Bertz CT molecular complexity index is 975. The first-order valence-electron chi connectivity index (χ1n) is 9.81. The molecule has 0 aliphatic rings. The van der Waals surface area contributed by atoms with Gasteiger partial charge in [0.15, 0.2) is 5.96 Å². The minimum absolute atomic E-state index is 0. The second-order valence-corrected chi connectivity index (χ2v) is 6.97. The summed E-state index contributed by atoms with van der Waals surface area (Å²) in [5.74, 6) is 2.36. The minimum Gasteiger partial charge on any atom is -0.497 e. The van der Waals surface area contributed by atoms with E-state index in [9.17, 15) is 0 Å². The third-order valence-electron chi connectivity index (χ3n) is 4.80. The van der Waals surface area contributed by atoms with Crippen LogP contribution in [0, 0.1) is 0 Å². The van der Waals surface area contributed by atoms with Gasteiger partial charge in [-0.1, -0.05) is 30.3 Å². The van der Waals surface area contributed by atoms with E-state index in [0.717, 1.165) is 35.1 Å². The molecule has 0 amide bonds. The van der Waals surface area contributed by atoms with Gasteiger partial charge >= 0.3 is 0 Å². The number of halogens is 1. The second-order valence-electron chi connectivity index (χ2n) is 6.97. The Morgan fingerprint density at radius 1 is 1.10 bits per heavy atom. The Morgan fingerprint density at radius 3 is 2.55 bits per heavy atom. The lowest BCUT2D eigenvalue weighted by atomic mass is 10.2. The summed E-state index contributed by atoms with van der Waals surface area (Å²) in [4.78, 5) is 6.46. The standard InChI is InChI=1S/C23H29N5O2.HI/c1-24-23(27(2)17-20-10-11-21(29-3)12-22(20)30-4)25-13-19-14-26-28(16-19)15-18-8-6-5-7-9-18;/h5-12,14,16H,13,15,17H2,1-4H3,(H,24,25);1H. The number of methoxy groups -OCH3 is 2. The molecule has 1 N–H and O–H groups in total. The molecule has 2 aromatic carbocycles. The first-order chi connectivity index (χ1) is 14.6. The van der Waals surface area contributed by atoms with Crippen molar-refractivity contribution in [1.82, 2.24) is 20.0 Å². The Balaban J connectivity index is 0.00000341. The number of aromatic nitrogens is 2. The summed E-state index contributed by atoms with van der Waals surface area (Å²) >= 11 is 0. The zero-order chi connectivity index (χ0) is 21.3. The molecule has 0 aliphatic heterocycles. The number of aliphatic imine (C=N–C) groups is 1. The van der Waals surface area contributed by atoms with Crippen LogP contribution in [0.2, 0.25) is 0 Å². The van der Waals surface area contributed by atoms with Crippen molar-refractivity contribution < 1.29 is 9.47 Å². The van der Waals surface area contributed by atoms with E-state index in [-0.39, 0.29) is 24.0 Å². The summed E-state index contributed by atoms with van der Waals surface area (Å²) in [5, 5.41) is 7.86. The van der Waals surface area contributed by atoms with Gasteiger partial charge in [0, 0.05) is 50.6 Å². The van der Waals surface area contributed by atoms with Crippen LogP contribution in [-0.4, -0.2) is 49.0 Å². The van der Waals surface area contributed by atoms with Crippen molar-refractivity contribution in [2.24, 2.45) is 4.99 Å². The van der Waals surface area contributed by atoms with Gasteiger partial charge in [-0.2, -0.15) is 5.10 Å². The molecule has 0 atom stereocenters. The Morgan fingerprint density at radius 2 is 1.87 bits per heavy atom. The smallest absolute Gasteiger partial charge is 0.193 e. The highest BCUT2D eigenvalue weighted by Crippen LogP contribution is 2.25. The molecular weight excluding hydrogens is 505 g/mol. The Labute approximate surface area is 201 Å². The molecule has 0 saturated carbocycles. The fourth-order valence-corrected chi connectivity index (χ4v) is 3.23. The molecule has 0 bridgehead atoms. The van der Waals surface area contributed by atoms with E-state index < -0.39 is 0 Å². The quantitative estimate of drug-likeness (QED) is 0.270. The number of nitrogens with zero attached hydrogens (tertiary/aromatic N) is 4. The van der Waals surface area contributed by atoms with Gasteiger partial charge in [0.2, 0.25) is 0 Å². The van der Waals surface area contributed by atoms with Gasteiger partial charge in [-0.05, 0) is 17.7 Å². The van der Waals surface area contributed by atoms with Crippen LogP contribution in [0.5, 0.6) is 11.5 Å². The van der Waals surface area contributed by atoms with Crippen LogP contribution in [0.15, 0.2) is 65.9 Å². The van der Waals surface area contributed by atoms with Crippen molar-refractivity contribution in [3.63, 3.8) is 0 Å². The van der Waals surface area contributed by atoms with Gasteiger partial charge in [0.25, 0.3) is 0 Å². The fraction of sp³-hybridized carbons (Fsp3) is 0.304. The Hall–Kier alpha value is -2.75. The molecule has 0 radical (unpaired) electrons. The van der Waals surface area contributed by atoms with Crippen LogP contribution in [0.1, 0.15) is 16.7 Å². The highest BCUT2D eigenvalue weighted by atomic mass is 127. The maximum absolute atomic E-state index is 5.50. The number of hydrogen-bond acceptors (Lipinski definition) is 4. The van der Waals surface area contributed by atoms with Crippen LogP contribution in [0.4, 0.5) is 0 Å². The molecule has 8 heteroatoms. The van der Waals surface area contributed by atoms with Crippen molar-refractivity contribution in [2.75, 3.05) is 28.3 Å². The fourth-order valence-electron chi connectivity index (χ4n) is 3.23. The second kappa shape index (κ2) is 12.2. The monoisotopic (exact) mass is 535 g/mol. The highest BCUT2D eigenvalue weighted by Gasteiger charge is 2.11. The van der Waals surface area contributed by atoms with Crippen molar-refractivity contribution >= 4 is 29.9 Å². The minimum atomic E-state index is 0. The molecular formula is C23H30IN5O2. The molecule has 166 valence electrons. The lowest BCUT2D eigenvalue weighted by Gasteiger charge is -2.23. The molecule has 1 aromatic heterocycles. The normalized spacial score (nSPS) is 10.9. The first-order valence-corrected chi connectivity index (χ1v) is 9.81. The summed E-state index contributed by atoms with van der Waals surface area (Å²) < 4.78 is 12.7. The van der Waals surface area contributed by atoms with E-state index in [0.29, 0.717) is 13.1 Å². The van der Waals surface area contributed by atoms with Crippen LogP contribution in [0.25, 0.3) is 0 Å². The van der Waals surface area contributed by atoms with Crippen molar-refractivity contribution in [3.8, 4) is 11.5 Å². The Kier molecular flexibility index (Phi) is 9.64. The number of rotatable bonds is 8. The molecule has 0 fully saturated rings. The summed E-state index contributed by atoms with van der Waals surface area (Å²) in [5.41, 5.74) is 3.38. The maximum Gasteiger partial charge on any atom is 0.193 e. The molecule has 0 spiro atoms. The molecule has 0 aliphatic carbocycles. The highest BCUT2D eigenvalue weighted by molar-refractivity contribution is 14.0. The third kappa shape index (κ3) is 6.88. The number of nitrogens with one attached hydrogen (secondary N) is 1. The average molecular weight is 535 g/mol. The summed E-state index contributed by atoms with van der Waals surface area (Å²) in [6.45, 7) is 2.05. The largest absolute Gasteiger partial charge is 0.497 e. The van der Waals surface area contributed by atoms with Crippen molar-refractivity contribution in [3.05, 3.63) is 77.6 Å². The van der Waals surface area contributed by atoms with Gasteiger partial charge in [-0.15, -0.1) is 24.0 Å². The van der Waals surface area contributed by atoms with E-state index in [2.05, 4.69) is 38.6 Å². The maximum atomic E-state index is 5.50. The van der Waals surface area contributed by atoms with Crippen LogP contribution >= 0.6 is 24.0 Å². The van der Waals surface area contributed by atoms with Gasteiger partial charge in [0.1, 0.15) is 11.5 Å². The molecule has 1 heterocycles.